The standard InChI is InChI=1S/C20H21FN2O4/c1-20(2,12-17(24)27-3)18(25)13-6-4-8-15(10-13)22-19(26)23-16-9-5-7-14(21)11-16/h4-11H,12H2,1-3H3,(H2,22,23,26). The van der Waals surface area contributed by atoms with Crippen molar-refractivity contribution in [2.45, 2.75) is 20.3 Å². The van der Waals surface area contributed by atoms with Crippen LogP contribution in [0.3, 0.4) is 0 Å². The molecule has 0 saturated heterocycles. The summed E-state index contributed by atoms with van der Waals surface area (Å²) in [6.07, 6.45) is -0.0555. The van der Waals surface area contributed by atoms with Crippen molar-refractivity contribution >= 4 is 29.2 Å². The Hall–Kier alpha value is -3.22. The van der Waals surface area contributed by atoms with Gasteiger partial charge in [0.25, 0.3) is 0 Å². The Morgan fingerprint density at radius 2 is 1.59 bits per heavy atom. The van der Waals surface area contributed by atoms with Crippen LogP contribution in [0.2, 0.25) is 0 Å². The van der Waals surface area contributed by atoms with Gasteiger partial charge in [-0.25, -0.2) is 9.18 Å². The fourth-order valence-corrected chi connectivity index (χ4v) is 2.50. The Balaban J connectivity index is 2.09. The number of esters is 1. The lowest BCUT2D eigenvalue weighted by Gasteiger charge is -2.22. The summed E-state index contributed by atoms with van der Waals surface area (Å²) in [5.74, 6) is -1.19. The van der Waals surface area contributed by atoms with Crippen molar-refractivity contribution in [3.8, 4) is 0 Å². The highest BCUT2D eigenvalue weighted by molar-refractivity contribution is 6.04. The van der Waals surface area contributed by atoms with Crippen molar-refractivity contribution in [1.82, 2.24) is 0 Å². The number of methoxy groups -OCH3 is 1. The SMILES string of the molecule is COC(=O)CC(C)(C)C(=O)c1cccc(NC(=O)Nc2cccc(F)c2)c1. The number of rotatable bonds is 6. The summed E-state index contributed by atoms with van der Waals surface area (Å²) in [5, 5.41) is 5.10. The van der Waals surface area contributed by atoms with Crippen molar-refractivity contribution in [1.29, 1.82) is 0 Å². The van der Waals surface area contributed by atoms with Gasteiger partial charge in [-0.1, -0.05) is 32.0 Å². The topological polar surface area (TPSA) is 84.5 Å². The molecule has 142 valence electrons. The largest absolute Gasteiger partial charge is 0.469 e. The molecule has 2 amide bonds. The number of urea groups is 1. The van der Waals surface area contributed by atoms with Gasteiger partial charge in [-0.3, -0.25) is 9.59 Å². The molecule has 2 rings (SSSR count). The number of nitrogens with one attached hydrogen (secondary N) is 2. The van der Waals surface area contributed by atoms with Crippen LogP contribution in [0.1, 0.15) is 30.6 Å². The first-order valence-electron chi connectivity index (χ1n) is 8.26. The Labute approximate surface area is 156 Å². The number of amides is 2. The molecular weight excluding hydrogens is 351 g/mol. The zero-order valence-electron chi connectivity index (χ0n) is 15.3. The van der Waals surface area contributed by atoms with Crippen LogP contribution in [0.4, 0.5) is 20.6 Å². The van der Waals surface area contributed by atoms with Gasteiger partial charge in [0, 0.05) is 22.4 Å². The number of hydrogen-bond acceptors (Lipinski definition) is 4. The van der Waals surface area contributed by atoms with Crippen LogP contribution < -0.4 is 10.6 Å². The molecule has 0 unspecified atom stereocenters. The van der Waals surface area contributed by atoms with E-state index in [9.17, 15) is 18.8 Å². The zero-order valence-corrected chi connectivity index (χ0v) is 15.3. The molecule has 0 aliphatic rings. The zero-order chi connectivity index (χ0) is 20.0. The van der Waals surface area contributed by atoms with Gasteiger partial charge in [0.2, 0.25) is 0 Å². The minimum absolute atomic E-state index is 0.0555. The first-order valence-corrected chi connectivity index (χ1v) is 8.26. The fraction of sp³-hybridized carbons (Fsp3) is 0.250. The Morgan fingerprint density at radius 1 is 1.00 bits per heavy atom. The summed E-state index contributed by atoms with van der Waals surface area (Å²) in [6.45, 7) is 3.31. The van der Waals surface area contributed by atoms with Crippen LogP contribution in [0.25, 0.3) is 0 Å². The third-order valence-corrected chi connectivity index (χ3v) is 3.89. The number of Topliss-reactive ketones (excluding diaryl/α,β-unsaturated/α-hetero) is 1. The van der Waals surface area contributed by atoms with Gasteiger partial charge < -0.3 is 15.4 Å². The lowest BCUT2D eigenvalue weighted by atomic mass is 9.81. The number of ketones is 1. The first kappa shape index (κ1) is 20.1. The highest BCUT2D eigenvalue weighted by Gasteiger charge is 2.31. The number of ether oxygens (including phenoxy) is 1. The van der Waals surface area contributed by atoms with E-state index in [-0.39, 0.29) is 12.2 Å². The third kappa shape index (κ3) is 5.64. The fourth-order valence-electron chi connectivity index (χ4n) is 2.50. The second kappa shape index (κ2) is 8.44. The lowest BCUT2D eigenvalue weighted by molar-refractivity contribution is -0.142. The van der Waals surface area contributed by atoms with E-state index in [4.69, 9.17) is 0 Å². The summed E-state index contributed by atoms with van der Waals surface area (Å²) < 4.78 is 17.8. The molecule has 0 atom stereocenters. The van der Waals surface area contributed by atoms with Crippen molar-refractivity contribution < 1.29 is 23.5 Å². The maximum Gasteiger partial charge on any atom is 0.323 e. The van der Waals surface area contributed by atoms with Gasteiger partial charge >= 0.3 is 12.0 Å². The van der Waals surface area contributed by atoms with Crippen molar-refractivity contribution in [2.24, 2.45) is 5.41 Å². The number of halogens is 1. The van der Waals surface area contributed by atoms with E-state index in [0.29, 0.717) is 16.9 Å². The van der Waals surface area contributed by atoms with E-state index < -0.39 is 23.2 Å². The van der Waals surface area contributed by atoms with Gasteiger partial charge in [0.15, 0.2) is 5.78 Å². The monoisotopic (exact) mass is 372 g/mol. The summed E-state index contributed by atoms with van der Waals surface area (Å²) in [6, 6.07) is 11.3. The Kier molecular flexibility index (Phi) is 6.28. The molecule has 27 heavy (non-hydrogen) atoms. The van der Waals surface area contributed by atoms with Crippen LogP contribution in [-0.4, -0.2) is 24.9 Å². The maximum absolute atomic E-state index is 13.2. The van der Waals surface area contributed by atoms with E-state index in [2.05, 4.69) is 15.4 Å². The Morgan fingerprint density at radius 3 is 2.19 bits per heavy atom. The molecule has 0 fully saturated rings. The van der Waals surface area contributed by atoms with Gasteiger partial charge in [-0.05, 0) is 30.3 Å². The molecule has 0 aliphatic carbocycles. The molecule has 0 saturated carbocycles. The van der Waals surface area contributed by atoms with Gasteiger partial charge in [0.1, 0.15) is 5.82 Å². The van der Waals surface area contributed by atoms with E-state index in [1.807, 2.05) is 0 Å². The lowest BCUT2D eigenvalue weighted by Crippen LogP contribution is -2.28. The number of anilines is 2. The van der Waals surface area contributed by atoms with Crippen molar-refractivity contribution in [3.05, 3.63) is 59.9 Å². The highest BCUT2D eigenvalue weighted by Crippen LogP contribution is 2.27. The molecule has 0 radical (unpaired) electrons. The summed E-state index contributed by atoms with van der Waals surface area (Å²) in [7, 11) is 1.27. The highest BCUT2D eigenvalue weighted by atomic mass is 19.1. The maximum atomic E-state index is 13.2. The van der Waals surface area contributed by atoms with Gasteiger partial charge in [-0.15, -0.1) is 0 Å². The molecule has 0 bridgehead atoms. The predicted octanol–water partition coefficient (Wildman–Crippen LogP) is 4.24. The van der Waals surface area contributed by atoms with E-state index in [0.717, 1.165) is 0 Å². The molecule has 2 aromatic carbocycles. The van der Waals surface area contributed by atoms with Crippen LogP contribution >= 0.6 is 0 Å². The normalized spacial score (nSPS) is 10.8. The second-order valence-electron chi connectivity index (χ2n) is 6.64. The Bertz CT molecular complexity index is 865. The average Bonchev–Trinajstić information content (AvgIpc) is 2.60. The van der Waals surface area contributed by atoms with Crippen LogP contribution in [0, 0.1) is 11.2 Å². The third-order valence-electron chi connectivity index (χ3n) is 3.89. The van der Waals surface area contributed by atoms with Gasteiger partial charge in [0.05, 0.1) is 13.5 Å². The average molecular weight is 372 g/mol. The summed E-state index contributed by atoms with van der Waals surface area (Å²) in [5.41, 5.74) is 0.102. The molecule has 2 aromatic rings. The van der Waals surface area contributed by atoms with E-state index in [1.54, 1.807) is 38.1 Å². The van der Waals surface area contributed by atoms with Crippen LogP contribution in [-0.2, 0) is 9.53 Å². The van der Waals surface area contributed by atoms with Crippen LogP contribution in [0.15, 0.2) is 48.5 Å². The summed E-state index contributed by atoms with van der Waals surface area (Å²) in [4.78, 5) is 36.3. The van der Waals surface area contributed by atoms with E-state index in [1.165, 1.54) is 31.4 Å². The molecule has 0 spiro atoms. The molecule has 7 heteroatoms. The minimum atomic E-state index is -0.949. The van der Waals surface area contributed by atoms with Gasteiger partial charge in [-0.2, -0.15) is 0 Å². The van der Waals surface area contributed by atoms with Crippen molar-refractivity contribution in [3.63, 3.8) is 0 Å². The number of hydrogen-bond donors (Lipinski definition) is 2. The molecular formula is C20H21FN2O4. The number of carbonyl (C=O) groups excluding carboxylic acids is 3. The number of carbonyl (C=O) groups is 3. The van der Waals surface area contributed by atoms with Crippen LogP contribution in [0.5, 0.6) is 0 Å². The minimum Gasteiger partial charge on any atom is -0.469 e. The second-order valence-corrected chi connectivity index (χ2v) is 6.64. The van der Waals surface area contributed by atoms with E-state index >= 15 is 0 Å². The quantitative estimate of drug-likeness (QED) is 0.587. The molecule has 2 N–H and O–H groups in total. The van der Waals surface area contributed by atoms with Crippen molar-refractivity contribution in [2.75, 3.05) is 17.7 Å². The number of benzene rings is 2. The molecule has 6 nitrogen and oxygen atoms in total. The first-order chi connectivity index (χ1) is 12.7. The molecule has 0 aromatic heterocycles. The summed E-state index contributed by atoms with van der Waals surface area (Å²) >= 11 is 0. The predicted molar refractivity (Wildman–Crippen MR) is 100 cm³/mol. The molecule has 0 aliphatic heterocycles. The smallest absolute Gasteiger partial charge is 0.323 e. The molecule has 0 heterocycles.